The van der Waals surface area contributed by atoms with E-state index in [-0.39, 0.29) is 5.97 Å². The second kappa shape index (κ2) is 7.35. The number of nitrogens with zero attached hydrogens (tertiary/aromatic N) is 1. The van der Waals surface area contributed by atoms with Gasteiger partial charge in [-0.1, -0.05) is 26.0 Å². The van der Waals surface area contributed by atoms with Gasteiger partial charge < -0.3 is 9.64 Å². The molecule has 0 bridgehead atoms. The molecule has 4 heteroatoms. The highest BCUT2D eigenvalue weighted by atomic mass is 32.1. The van der Waals surface area contributed by atoms with Crippen molar-refractivity contribution in [3.63, 3.8) is 0 Å². The summed E-state index contributed by atoms with van der Waals surface area (Å²) in [5.74, 6) is -0.303. The Morgan fingerprint density at radius 3 is 2.53 bits per heavy atom. The van der Waals surface area contributed by atoms with E-state index in [1.165, 1.54) is 0 Å². The number of thiol groups is 1. The third-order valence-corrected chi connectivity index (χ3v) is 3.05. The van der Waals surface area contributed by atoms with Crippen molar-refractivity contribution in [1.29, 1.82) is 0 Å². The average molecular weight is 253 g/mol. The maximum absolute atomic E-state index is 11.7. The Morgan fingerprint density at radius 1 is 1.29 bits per heavy atom. The smallest absolute Gasteiger partial charge is 0.339 e. The van der Waals surface area contributed by atoms with Crippen molar-refractivity contribution >= 4 is 18.6 Å². The first kappa shape index (κ1) is 14.1. The second-order valence-corrected chi connectivity index (χ2v) is 4.16. The van der Waals surface area contributed by atoms with Gasteiger partial charge in [-0.15, -0.1) is 12.6 Å². The maximum Gasteiger partial charge on any atom is 0.339 e. The molecule has 0 unspecified atom stereocenters. The summed E-state index contributed by atoms with van der Waals surface area (Å²) in [5.41, 5.74) is 0.524. The number of benzene rings is 1. The zero-order chi connectivity index (χ0) is 12.7. The van der Waals surface area contributed by atoms with Crippen LogP contribution in [0.5, 0.6) is 0 Å². The van der Waals surface area contributed by atoms with E-state index in [2.05, 4.69) is 31.4 Å². The van der Waals surface area contributed by atoms with Crippen LogP contribution in [0.15, 0.2) is 29.2 Å². The first-order chi connectivity index (χ1) is 8.19. The van der Waals surface area contributed by atoms with Gasteiger partial charge in [0.25, 0.3) is 0 Å². The van der Waals surface area contributed by atoms with Crippen LogP contribution in [0.3, 0.4) is 0 Å². The van der Waals surface area contributed by atoms with Crippen LogP contribution in [0.2, 0.25) is 0 Å². The van der Waals surface area contributed by atoms with Crippen molar-refractivity contribution < 1.29 is 9.53 Å². The summed E-state index contributed by atoms with van der Waals surface area (Å²) < 4.78 is 5.21. The molecule has 17 heavy (non-hydrogen) atoms. The molecule has 0 aromatic heterocycles. The van der Waals surface area contributed by atoms with Crippen molar-refractivity contribution in [2.75, 3.05) is 26.2 Å². The third-order valence-electron chi connectivity index (χ3n) is 2.66. The Balaban J connectivity index is 2.43. The SMILES string of the molecule is CCN(CC)CCOC(=O)c1ccccc1S. The molecule has 0 aliphatic carbocycles. The molecule has 0 heterocycles. The van der Waals surface area contributed by atoms with Crippen molar-refractivity contribution in [1.82, 2.24) is 4.90 Å². The van der Waals surface area contributed by atoms with Gasteiger partial charge in [0.1, 0.15) is 6.61 Å². The summed E-state index contributed by atoms with van der Waals surface area (Å²) in [4.78, 5) is 14.6. The summed E-state index contributed by atoms with van der Waals surface area (Å²) >= 11 is 4.23. The van der Waals surface area contributed by atoms with Gasteiger partial charge in [-0.25, -0.2) is 4.79 Å². The first-order valence-electron chi connectivity index (χ1n) is 5.86. The van der Waals surface area contributed by atoms with Crippen molar-refractivity contribution in [3.8, 4) is 0 Å². The number of likely N-dealkylation sites (N-methyl/N-ethyl adjacent to an activating group) is 1. The molecule has 0 aliphatic heterocycles. The number of esters is 1. The summed E-state index contributed by atoms with van der Waals surface area (Å²) in [7, 11) is 0. The second-order valence-electron chi connectivity index (χ2n) is 3.68. The molecule has 0 spiro atoms. The molecule has 94 valence electrons. The third kappa shape index (κ3) is 4.40. The molecule has 0 N–H and O–H groups in total. The van der Waals surface area contributed by atoms with Crippen LogP contribution in [0.25, 0.3) is 0 Å². The first-order valence-corrected chi connectivity index (χ1v) is 6.31. The van der Waals surface area contributed by atoms with E-state index in [4.69, 9.17) is 4.74 Å². The Labute approximate surface area is 108 Å². The van der Waals surface area contributed by atoms with Crippen LogP contribution in [0, 0.1) is 0 Å². The normalized spacial score (nSPS) is 10.6. The van der Waals surface area contributed by atoms with Crippen molar-refractivity contribution in [2.24, 2.45) is 0 Å². The molecule has 1 rings (SSSR count). The molecule has 1 aromatic carbocycles. The molecule has 0 saturated carbocycles. The maximum atomic E-state index is 11.7. The number of rotatable bonds is 6. The largest absolute Gasteiger partial charge is 0.461 e. The van der Waals surface area contributed by atoms with Crippen LogP contribution in [0.1, 0.15) is 24.2 Å². The van der Waals surface area contributed by atoms with Gasteiger partial charge in [0, 0.05) is 11.4 Å². The van der Waals surface area contributed by atoms with E-state index in [0.717, 1.165) is 19.6 Å². The highest BCUT2D eigenvalue weighted by Crippen LogP contribution is 2.13. The summed E-state index contributed by atoms with van der Waals surface area (Å²) in [6.45, 7) is 7.31. The molecular weight excluding hydrogens is 234 g/mol. The monoisotopic (exact) mass is 253 g/mol. The Morgan fingerprint density at radius 2 is 1.94 bits per heavy atom. The van der Waals surface area contributed by atoms with Crippen LogP contribution in [0.4, 0.5) is 0 Å². The minimum Gasteiger partial charge on any atom is -0.461 e. The van der Waals surface area contributed by atoms with Gasteiger partial charge in [0.2, 0.25) is 0 Å². The lowest BCUT2D eigenvalue weighted by Crippen LogP contribution is -2.27. The van der Waals surface area contributed by atoms with Gasteiger partial charge in [-0.2, -0.15) is 0 Å². The molecule has 0 radical (unpaired) electrons. The van der Waals surface area contributed by atoms with Crippen molar-refractivity contribution in [2.45, 2.75) is 18.7 Å². The molecule has 0 aliphatic rings. The zero-order valence-corrected chi connectivity index (χ0v) is 11.2. The minimum atomic E-state index is -0.303. The lowest BCUT2D eigenvalue weighted by molar-refractivity contribution is 0.0462. The van der Waals surface area contributed by atoms with Gasteiger partial charge in [0.05, 0.1) is 5.56 Å². The van der Waals surface area contributed by atoms with E-state index in [1.54, 1.807) is 18.2 Å². The van der Waals surface area contributed by atoms with Gasteiger partial charge in [-0.3, -0.25) is 0 Å². The fraction of sp³-hybridized carbons (Fsp3) is 0.462. The van der Waals surface area contributed by atoms with Crippen LogP contribution in [-0.2, 0) is 4.74 Å². The molecular formula is C13H19NO2S. The number of ether oxygens (including phenoxy) is 1. The molecule has 1 aromatic rings. The number of hydrogen-bond donors (Lipinski definition) is 1. The predicted octanol–water partition coefficient (Wildman–Crippen LogP) is 2.47. The highest BCUT2D eigenvalue weighted by Gasteiger charge is 2.10. The average Bonchev–Trinajstić information content (AvgIpc) is 2.35. The van der Waals surface area contributed by atoms with Crippen LogP contribution in [-0.4, -0.2) is 37.1 Å². The van der Waals surface area contributed by atoms with Gasteiger partial charge in [0.15, 0.2) is 0 Å². The van der Waals surface area contributed by atoms with Crippen molar-refractivity contribution in [3.05, 3.63) is 29.8 Å². The summed E-state index contributed by atoms with van der Waals surface area (Å²) in [5, 5.41) is 0. The zero-order valence-electron chi connectivity index (χ0n) is 10.3. The summed E-state index contributed by atoms with van der Waals surface area (Å²) in [6.07, 6.45) is 0. The van der Waals surface area contributed by atoms with Gasteiger partial charge in [-0.05, 0) is 25.2 Å². The quantitative estimate of drug-likeness (QED) is 0.624. The molecule has 0 atom stereocenters. The van der Waals surface area contributed by atoms with Crippen LogP contribution < -0.4 is 0 Å². The fourth-order valence-corrected chi connectivity index (χ4v) is 1.78. The lowest BCUT2D eigenvalue weighted by Gasteiger charge is -2.17. The lowest BCUT2D eigenvalue weighted by atomic mass is 10.2. The van der Waals surface area contributed by atoms with Gasteiger partial charge >= 0.3 is 5.97 Å². The molecule has 0 saturated heterocycles. The Kier molecular flexibility index (Phi) is 6.08. The Bertz CT molecular complexity index is 364. The van der Waals surface area contributed by atoms with E-state index in [0.29, 0.717) is 17.1 Å². The van der Waals surface area contributed by atoms with E-state index >= 15 is 0 Å². The topological polar surface area (TPSA) is 29.5 Å². The predicted molar refractivity (Wildman–Crippen MR) is 71.8 cm³/mol. The van der Waals surface area contributed by atoms with E-state index < -0.39 is 0 Å². The fourth-order valence-electron chi connectivity index (χ4n) is 1.53. The van der Waals surface area contributed by atoms with E-state index in [1.807, 2.05) is 6.07 Å². The molecule has 0 amide bonds. The van der Waals surface area contributed by atoms with Crippen LogP contribution >= 0.6 is 12.6 Å². The molecule has 0 fully saturated rings. The number of carbonyl (C=O) groups excluding carboxylic acids is 1. The number of hydrogen-bond acceptors (Lipinski definition) is 4. The Hall–Kier alpha value is -1.00. The highest BCUT2D eigenvalue weighted by molar-refractivity contribution is 7.80. The molecule has 3 nitrogen and oxygen atoms in total. The summed E-state index contributed by atoms with van der Waals surface area (Å²) in [6, 6.07) is 7.15. The standard InChI is InChI=1S/C13H19NO2S/c1-3-14(4-2)9-10-16-13(15)11-7-5-6-8-12(11)17/h5-8,17H,3-4,9-10H2,1-2H3. The number of carbonyl (C=O) groups is 1. The minimum absolute atomic E-state index is 0.303. The van der Waals surface area contributed by atoms with E-state index in [9.17, 15) is 4.79 Å².